The number of aromatic nitrogens is 1. The number of esters is 1. The van der Waals surface area contributed by atoms with Crippen molar-refractivity contribution < 1.29 is 43.2 Å². The van der Waals surface area contributed by atoms with Crippen molar-refractivity contribution in [2.45, 2.75) is 156 Å². The first-order valence-corrected chi connectivity index (χ1v) is 21.3. The van der Waals surface area contributed by atoms with E-state index >= 15 is 0 Å². The number of benzene rings is 1. The van der Waals surface area contributed by atoms with Crippen LogP contribution in [-0.4, -0.2) is 87.5 Å². The Morgan fingerprint density at radius 3 is 2.48 bits per heavy atom. The summed E-state index contributed by atoms with van der Waals surface area (Å²) in [7, 11) is 0. The van der Waals surface area contributed by atoms with Gasteiger partial charge in [-0.3, -0.25) is 14.4 Å². The maximum atomic E-state index is 14.4. The van der Waals surface area contributed by atoms with Gasteiger partial charge in [-0.15, -0.1) is 11.3 Å². The highest BCUT2D eigenvalue weighted by molar-refractivity contribution is 7.15. The van der Waals surface area contributed by atoms with Gasteiger partial charge in [0.1, 0.15) is 23.9 Å². The lowest BCUT2D eigenvalue weighted by atomic mass is 9.70. The molecule has 1 unspecified atom stereocenters. The molecule has 1 amide bonds. The molecule has 0 aliphatic carbocycles. The fourth-order valence-corrected chi connectivity index (χ4v) is 10.2. The standard InChI is InChI=1S/C43H63N3O9S/c1-10-34-43(11-2)33(46(41(51)55-43)18-13-12-17-35-45-23-32(56-35)29-15-14-16-30(44)20-29)21-31(47)25(4)22-42(8,9)38(27(6)37(49)28(7)39(50)53-34)54-40-36(48)24(3)19-26(5)52-40/h14-16,20,23-28,33-34,36,38,40,48H,10-13,17-19,21-22,44H2,1-9H3/t24-,25+,26+,27-,28+,33+,34+,36+,38+,40?,43-/m0/s1. The number of anilines is 1. The molecule has 11 atom stereocenters. The van der Waals surface area contributed by atoms with E-state index in [1.54, 1.807) is 23.2 Å². The number of unbranched alkanes of at least 4 members (excludes halogenated alkanes) is 1. The number of aliphatic hydroxyl groups is 1. The number of rotatable bonds is 10. The Balaban J connectivity index is 1.39. The fraction of sp³-hybridized carbons (Fsp3) is 0.698. The van der Waals surface area contributed by atoms with Crippen LogP contribution in [0.3, 0.4) is 0 Å². The summed E-state index contributed by atoms with van der Waals surface area (Å²) in [6.45, 7) is 17.0. The van der Waals surface area contributed by atoms with Crippen LogP contribution in [0.2, 0.25) is 0 Å². The van der Waals surface area contributed by atoms with Gasteiger partial charge in [0, 0.05) is 36.7 Å². The number of thiazole rings is 1. The molecule has 5 rings (SSSR count). The van der Waals surface area contributed by atoms with Crippen LogP contribution in [0.1, 0.15) is 112 Å². The largest absolute Gasteiger partial charge is 0.457 e. The lowest BCUT2D eigenvalue weighted by Gasteiger charge is -2.45. The maximum Gasteiger partial charge on any atom is 0.410 e. The summed E-state index contributed by atoms with van der Waals surface area (Å²) in [6.07, 6.45) is 1.31. The zero-order valence-electron chi connectivity index (χ0n) is 34.6. The molecule has 1 aromatic carbocycles. The SMILES string of the molecule is CC[C@H]1OC(=O)[C@H](C)C(=O)[C@H](C)[C@@H](OC2O[C@H](C)C[C@H](C)[C@H]2O)C(C)(C)C[C@@H](C)C(=O)C[C@H]2N(CCCCc3ncc(-c4cccc(N)c4)s3)C(=O)O[C@]12CC. The zero-order valence-corrected chi connectivity index (χ0v) is 35.4. The second kappa shape index (κ2) is 18.0. The molecule has 3 fully saturated rings. The van der Waals surface area contributed by atoms with E-state index in [1.165, 1.54) is 6.92 Å². The van der Waals surface area contributed by atoms with Crippen LogP contribution < -0.4 is 5.73 Å². The summed E-state index contributed by atoms with van der Waals surface area (Å²) in [4.78, 5) is 63.6. The first-order chi connectivity index (χ1) is 26.4. The van der Waals surface area contributed by atoms with Gasteiger partial charge in [0.05, 0.1) is 28.1 Å². The number of ketones is 2. The molecule has 4 heterocycles. The Labute approximate surface area is 336 Å². The number of hydrogen-bond acceptors (Lipinski definition) is 12. The molecule has 0 spiro atoms. The van der Waals surface area contributed by atoms with Crippen LogP contribution in [0.15, 0.2) is 30.5 Å². The number of carbonyl (C=O) groups excluding carboxylic acids is 4. The van der Waals surface area contributed by atoms with Crippen LogP contribution in [-0.2, 0) is 39.8 Å². The van der Waals surface area contributed by atoms with Gasteiger partial charge in [-0.05, 0) is 87.8 Å². The number of aryl methyl sites for hydroxylation is 1. The summed E-state index contributed by atoms with van der Waals surface area (Å²) in [6, 6.07) is 7.01. The zero-order chi connectivity index (χ0) is 41.1. The van der Waals surface area contributed by atoms with Gasteiger partial charge < -0.3 is 34.7 Å². The molecule has 0 saturated carbocycles. The highest BCUT2D eigenvalue weighted by atomic mass is 32.1. The summed E-state index contributed by atoms with van der Waals surface area (Å²) in [5, 5.41) is 12.1. The van der Waals surface area contributed by atoms with Crippen LogP contribution in [0.4, 0.5) is 10.5 Å². The molecule has 12 nitrogen and oxygen atoms in total. The molecule has 0 bridgehead atoms. The van der Waals surface area contributed by atoms with Gasteiger partial charge in [0.25, 0.3) is 0 Å². The number of nitrogen functional groups attached to an aromatic ring is 1. The van der Waals surface area contributed by atoms with Crippen molar-refractivity contribution in [2.75, 3.05) is 12.3 Å². The topological polar surface area (TPSA) is 168 Å². The van der Waals surface area contributed by atoms with Gasteiger partial charge in [0.15, 0.2) is 17.7 Å². The van der Waals surface area contributed by atoms with Crippen LogP contribution in [0.25, 0.3) is 10.4 Å². The third-order valence-corrected chi connectivity index (χ3v) is 13.5. The Morgan fingerprint density at radius 2 is 1.80 bits per heavy atom. The van der Waals surface area contributed by atoms with Crippen molar-refractivity contribution in [1.82, 2.24) is 9.88 Å². The van der Waals surface area contributed by atoms with Crippen molar-refractivity contribution in [2.24, 2.45) is 29.1 Å². The second-order valence-electron chi connectivity index (χ2n) is 17.2. The quantitative estimate of drug-likeness (QED) is 0.106. The maximum absolute atomic E-state index is 14.4. The van der Waals surface area contributed by atoms with E-state index in [4.69, 9.17) is 24.7 Å². The predicted octanol–water partition coefficient (Wildman–Crippen LogP) is 7.39. The first-order valence-electron chi connectivity index (χ1n) is 20.5. The third-order valence-electron chi connectivity index (χ3n) is 12.4. The predicted molar refractivity (Wildman–Crippen MR) is 215 cm³/mol. The Hall–Kier alpha value is -3.39. The van der Waals surface area contributed by atoms with Gasteiger partial charge in [-0.1, -0.05) is 60.6 Å². The van der Waals surface area contributed by atoms with Crippen molar-refractivity contribution in [3.05, 3.63) is 35.5 Å². The monoisotopic (exact) mass is 797 g/mol. The Kier molecular flexibility index (Phi) is 14.1. The molecule has 3 aliphatic rings. The molecule has 56 heavy (non-hydrogen) atoms. The minimum absolute atomic E-state index is 0.00989. The van der Waals surface area contributed by atoms with Gasteiger partial charge in [0.2, 0.25) is 0 Å². The molecular formula is C43H63N3O9S. The minimum Gasteiger partial charge on any atom is -0.457 e. The molecule has 2 aromatic rings. The summed E-state index contributed by atoms with van der Waals surface area (Å²) in [5.74, 6) is -3.69. The van der Waals surface area contributed by atoms with Crippen LogP contribution >= 0.6 is 11.3 Å². The molecule has 13 heteroatoms. The lowest BCUT2D eigenvalue weighted by molar-refractivity contribution is -0.284. The van der Waals surface area contributed by atoms with Crippen molar-refractivity contribution >= 4 is 40.7 Å². The number of amides is 1. The van der Waals surface area contributed by atoms with Crippen LogP contribution in [0.5, 0.6) is 0 Å². The third kappa shape index (κ3) is 9.32. The van der Waals surface area contributed by atoms with E-state index in [2.05, 4.69) is 4.98 Å². The summed E-state index contributed by atoms with van der Waals surface area (Å²) >= 11 is 1.61. The minimum atomic E-state index is -1.29. The lowest BCUT2D eigenvalue weighted by Crippen LogP contribution is -2.56. The summed E-state index contributed by atoms with van der Waals surface area (Å²) in [5.41, 5.74) is 5.63. The molecule has 0 radical (unpaired) electrons. The summed E-state index contributed by atoms with van der Waals surface area (Å²) < 4.78 is 25.0. The number of ether oxygens (including phenoxy) is 4. The van der Waals surface area contributed by atoms with Crippen molar-refractivity contribution in [3.8, 4) is 10.4 Å². The van der Waals surface area contributed by atoms with Gasteiger partial charge in [-0.2, -0.15) is 0 Å². The number of hydrogen-bond donors (Lipinski definition) is 2. The Bertz CT molecular complexity index is 1710. The highest BCUT2D eigenvalue weighted by Gasteiger charge is 2.59. The van der Waals surface area contributed by atoms with E-state index in [9.17, 15) is 24.3 Å². The van der Waals surface area contributed by atoms with E-state index in [-0.39, 0.29) is 30.0 Å². The molecular weight excluding hydrogens is 735 g/mol. The van der Waals surface area contributed by atoms with E-state index in [0.29, 0.717) is 50.8 Å². The normalized spacial score (nSPS) is 34.4. The van der Waals surface area contributed by atoms with Crippen molar-refractivity contribution in [1.29, 1.82) is 0 Å². The van der Waals surface area contributed by atoms with Gasteiger partial charge >= 0.3 is 12.1 Å². The number of carbonyl (C=O) groups is 4. The molecule has 3 N–H and O–H groups in total. The fourth-order valence-electron chi connectivity index (χ4n) is 9.21. The average molecular weight is 798 g/mol. The number of fused-ring (bicyclic) bond motifs is 1. The Morgan fingerprint density at radius 1 is 1.07 bits per heavy atom. The van der Waals surface area contributed by atoms with E-state index < -0.39 is 71.5 Å². The van der Waals surface area contributed by atoms with Crippen LogP contribution in [0, 0.1) is 29.1 Å². The smallest absolute Gasteiger partial charge is 0.410 e. The number of cyclic esters (lactones) is 1. The number of nitrogens with two attached hydrogens (primary N) is 1. The second-order valence-corrected chi connectivity index (χ2v) is 18.3. The van der Waals surface area contributed by atoms with Crippen molar-refractivity contribution in [3.63, 3.8) is 0 Å². The van der Waals surface area contributed by atoms with E-state index in [1.807, 2.05) is 78.9 Å². The number of nitrogens with zero attached hydrogens (tertiary/aromatic N) is 2. The molecule has 3 aliphatic heterocycles. The first kappa shape index (κ1) is 43.7. The highest BCUT2D eigenvalue weighted by Crippen LogP contribution is 2.44. The number of aliphatic hydroxyl groups excluding tert-OH is 1. The van der Waals surface area contributed by atoms with Gasteiger partial charge in [-0.25, -0.2) is 9.78 Å². The average Bonchev–Trinajstić information content (AvgIpc) is 3.73. The number of Topliss-reactive ketones (excluding diaryl/α,β-unsaturated/α-hetero) is 2. The van der Waals surface area contributed by atoms with E-state index in [0.717, 1.165) is 21.9 Å². The molecule has 3 saturated heterocycles. The molecule has 1 aromatic heterocycles. The molecule has 310 valence electrons.